The van der Waals surface area contributed by atoms with Gasteiger partial charge in [-0.25, -0.2) is 0 Å². The van der Waals surface area contributed by atoms with E-state index in [1.165, 1.54) is 23.9 Å². The lowest BCUT2D eigenvalue weighted by Gasteiger charge is -2.12. The zero-order valence-electron chi connectivity index (χ0n) is 17.3. The van der Waals surface area contributed by atoms with Crippen molar-refractivity contribution in [3.05, 3.63) is 92.6 Å². The molecule has 0 spiro atoms. The van der Waals surface area contributed by atoms with E-state index in [4.69, 9.17) is 51.1 Å². The number of carbonyl (C=O) groups excluding carboxylic acids is 1. The first-order valence-electron chi connectivity index (χ1n) is 9.86. The summed E-state index contributed by atoms with van der Waals surface area (Å²) in [6, 6.07) is 19.6. The van der Waals surface area contributed by atoms with Crippen molar-refractivity contribution in [2.45, 2.75) is 11.8 Å². The van der Waals surface area contributed by atoms with E-state index in [2.05, 4.69) is 15.5 Å². The fourth-order valence-corrected chi connectivity index (χ4v) is 4.78. The molecule has 0 bridgehead atoms. The number of amides is 1. The molecular weight excluding hydrogens is 538 g/mol. The fourth-order valence-electron chi connectivity index (χ4n) is 2.97. The Morgan fingerprint density at radius 3 is 2.26 bits per heavy atom. The van der Waals surface area contributed by atoms with Crippen LogP contribution in [-0.2, 0) is 11.4 Å². The zero-order valence-corrected chi connectivity index (χ0v) is 21.2. The van der Waals surface area contributed by atoms with Gasteiger partial charge in [-0.15, -0.1) is 10.2 Å². The van der Waals surface area contributed by atoms with E-state index in [0.717, 1.165) is 5.69 Å². The largest absolute Gasteiger partial charge is 0.486 e. The van der Waals surface area contributed by atoms with Gasteiger partial charge in [0.25, 0.3) is 0 Å². The smallest absolute Gasteiger partial charge is 0.234 e. The molecule has 11 heteroatoms. The molecule has 4 rings (SSSR count). The van der Waals surface area contributed by atoms with Crippen molar-refractivity contribution in [3.8, 4) is 11.4 Å². The molecule has 0 atom stereocenters. The number of thioether (sulfide) groups is 1. The number of para-hydroxylation sites is 1. The summed E-state index contributed by atoms with van der Waals surface area (Å²) < 4.78 is 7.70. The number of nitrogens with one attached hydrogen (secondary N) is 1. The van der Waals surface area contributed by atoms with Gasteiger partial charge in [-0.3, -0.25) is 9.36 Å². The molecule has 34 heavy (non-hydrogen) atoms. The number of nitrogens with zero attached hydrogens (tertiary/aromatic N) is 3. The standard InChI is InChI=1S/C23H16Cl4N4O2S/c24-14-6-8-17(9-7-14)33-12-20-29-30-23(31(20)16-4-2-1-3-5-16)34-13-21(32)28-22-18(26)10-15(25)11-19(22)27/h1-11H,12-13H2,(H,28,32). The van der Waals surface area contributed by atoms with Crippen LogP contribution in [0.4, 0.5) is 5.69 Å². The van der Waals surface area contributed by atoms with Gasteiger partial charge in [0.05, 0.1) is 21.5 Å². The van der Waals surface area contributed by atoms with Gasteiger partial charge < -0.3 is 10.1 Å². The molecule has 0 saturated carbocycles. The van der Waals surface area contributed by atoms with Crippen LogP contribution in [0.3, 0.4) is 0 Å². The Morgan fingerprint density at radius 2 is 1.59 bits per heavy atom. The molecule has 1 amide bonds. The van der Waals surface area contributed by atoms with Gasteiger partial charge in [-0.2, -0.15) is 0 Å². The first kappa shape index (κ1) is 24.7. The summed E-state index contributed by atoms with van der Waals surface area (Å²) in [6.45, 7) is 0.173. The topological polar surface area (TPSA) is 69.0 Å². The fraction of sp³-hybridized carbons (Fsp3) is 0.0870. The summed E-state index contributed by atoms with van der Waals surface area (Å²) in [4.78, 5) is 12.6. The van der Waals surface area contributed by atoms with Crippen molar-refractivity contribution in [2.24, 2.45) is 0 Å². The first-order chi connectivity index (χ1) is 16.4. The summed E-state index contributed by atoms with van der Waals surface area (Å²) in [7, 11) is 0. The van der Waals surface area contributed by atoms with Crippen molar-refractivity contribution in [2.75, 3.05) is 11.1 Å². The molecular formula is C23H16Cl4N4O2S. The second-order valence-electron chi connectivity index (χ2n) is 6.89. The molecule has 1 heterocycles. The number of hydrogen-bond donors (Lipinski definition) is 1. The van der Waals surface area contributed by atoms with E-state index in [1.54, 1.807) is 24.3 Å². The van der Waals surface area contributed by atoms with Gasteiger partial charge in [-0.05, 0) is 48.5 Å². The van der Waals surface area contributed by atoms with Crippen molar-refractivity contribution < 1.29 is 9.53 Å². The minimum Gasteiger partial charge on any atom is -0.486 e. The normalized spacial score (nSPS) is 10.8. The summed E-state index contributed by atoms with van der Waals surface area (Å²) in [5.41, 5.74) is 1.15. The van der Waals surface area contributed by atoms with E-state index in [1.807, 2.05) is 34.9 Å². The summed E-state index contributed by atoms with van der Waals surface area (Å²) in [5.74, 6) is 0.973. The van der Waals surface area contributed by atoms with Crippen LogP contribution in [0.5, 0.6) is 5.75 Å². The van der Waals surface area contributed by atoms with E-state index >= 15 is 0 Å². The Labute approximate surface area is 220 Å². The van der Waals surface area contributed by atoms with E-state index in [9.17, 15) is 4.79 Å². The summed E-state index contributed by atoms with van der Waals surface area (Å²) in [6.07, 6.45) is 0. The number of rotatable bonds is 8. The quantitative estimate of drug-likeness (QED) is 0.234. The van der Waals surface area contributed by atoms with Crippen LogP contribution in [-0.4, -0.2) is 26.4 Å². The minimum absolute atomic E-state index is 0.0539. The molecule has 0 saturated heterocycles. The predicted octanol–water partition coefficient (Wildman–Crippen LogP) is 7.19. The molecule has 3 aromatic carbocycles. The number of anilines is 1. The average Bonchev–Trinajstić information content (AvgIpc) is 3.23. The van der Waals surface area contributed by atoms with Crippen LogP contribution in [0.1, 0.15) is 5.82 Å². The van der Waals surface area contributed by atoms with Gasteiger partial charge in [0.15, 0.2) is 11.0 Å². The van der Waals surface area contributed by atoms with Crippen LogP contribution >= 0.6 is 58.2 Å². The summed E-state index contributed by atoms with van der Waals surface area (Å²) in [5, 5.41) is 13.3. The minimum atomic E-state index is -0.308. The second-order valence-corrected chi connectivity index (χ2v) is 9.52. The number of ether oxygens (including phenoxy) is 1. The number of hydrogen-bond acceptors (Lipinski definition) is 5. The summed E-state index contributed by atoms with van der Waals surface area (Å²) >= 11 is 25.4. The lowest BCUT2D eigenvalue weighted by Crippen LogP contribution is -2.15. The number of aromatic nitrogens is 3. The highest BCUT2D eigenvalue weighted by Gasteiger charge is 2.18. The van der Waals surface area contributed by atoms with Gasteiger partial charge in [-0.1, -0.05) is 76.4 Å². The number of benzene rings is 3. The van der Waals surface area contributed by atoms with Crippen LogP contribution in [0.25, 0.3) is 5.69 Å². The second kappa shape index (κ2) is 11.3. The third kappa shape index (κ3) is 6.17. The van der Waals surface area contributed by atoms with E-state index in [0.29, 0.717) is 32.5 Å². The van der Waals surface area contributed by atoms with Crippen LogP contribution in [0, 0.1) is 0 Å². The van der Waals surface area contributed by atoms with E-state index in [-0.39, 0.29) is 28.3 Å². The highest BCUT2D eigenvalue weighted by molar-refractivity contribution is 7.99. The van der Waals surface area contributed by atoms with Crippen molar-refractivity contribution >= 4 is 69.8 Å². The Hall–Kier alpha value is -2.42. The van der Waals surface area contributed by atoms with E-state index < -0.39 is 0 Å². The molecule has 0 aliphatic heterocycles. The highest BCUT2D eigenvalue weighted by atomic mass is 35.5. The maximum absolute atomic E-state index is 12.6. The van der Waals surface area contributed by atoms with Gasteiger partial charge in [0.2, 0.25) is 5.91 Å². The molecule has 4 aromatic rings. The SMILES string of the molecule is O=C(CSc1nnc(COc2ccc(Cl)cc2)n1-c1ccccc1)Nc1c(Cl)cc(Cl)cc1Cl. The maximum atomic E-state index is 12.6. The van der Waals surface area contributed by atoms with Gasteiger partial charge in [0, 0.05) is 15.7 Å². The van der Waals surface area contributed by atoms with Crippen LogP contribution in [0.15, 0.2) is 71.9 Å². The van der Waals surface area contributed by atoms with Crippen molar-refractivity contribution in [1.29, 1.82) is 0 Å². The lowest BCUT2D eigenvalue weighted by molar-refractivity contribution is -0.113. The maximum Gasteiger partial charge on any atom is 0.234 e. The zero-order chi connectivity index (χ0) is 24.1. The van der Waals surface area contributed by atoms with Crippen LogP contribution in [0.2, 0.25) is 20.1 Å². The molecule has 0 fully saturated rings. The number of halogens is 4. The molecule has 1 aromatic heterocycles. The van der Waals surface area contributed by atoms with Crippen LogP contribution < -0.4 is 10.1 Å². The molecule has 1 N–H and O–H groups in total. The van der Waals surface area contributed by atoms with Gasteiger partial charge >= 0.3 is 0 Å². The first-order valence-corrected chi connectivity index (χ1v) is 12.4. The highest BCUT2D eigenvalue weighted by Crippen LogP contribution is 2.34. The molecule has 174 valence electrons. The van der Waals surface area contributed by atoms with Crippen molar-refractivity contribution in [1.82, 2.24) is 14.8 Å². The third-order valence-corrected chi connectivity index (χ3v) is 6.50. The lowest BCUT2D eigenvalue weighted by atomic mass is 10.3. The Morgan fingerprint density at radius 1 is 0.912 bits per heavy atom. The Bertz CT molecular complexity index is 1280. The monoisotopic (exact) mass is 552 g/mol. The molecule has 0 aliphatic carbocycles. The molecule has 0 unspecified atom stereocenters. The van der Waals surface area contributed by atoms with Gasteiger partial charge in [0.1, 0.15) is 12.4 Å². The Kier molecular flexibility index (Phi) is 8.24. The number of carbonyl (C=O) groups is 1. The molecule has 0 radical (unpaired) electrons. The third-order valence-electron chi connectivity index (χ3n) is 4.50. The van der Waals surface area contributed by atoms with Crippen molar-refractivity contribution in [3.63, 3.8) is 0 Å². The Balaban J connectivity index is 1.50. The molecule has 0 aliphatic rings. The predicted molar refractivity (Wildman–Crippen MR) is 138 cm³/mol. The average molecular weight is 554 g/mol. The molecule has 6 nitrogen and oxygen atoms in total.